The molecule has 0 aromatic carbocycles. The van der Waals surface area contributed by atoms with Crippen LogP contribution in [0.3, 0.4) is 0 Å². The van der Waals surface area contributed by atoms with Crippen molar-refractivity contribution in [2.45, 2.75) is 51.7 Å². The maximum Gasteiger partial charge on any atom is 0.108 e. The molecule has 20 heavy (non-hydrogen) atoms. The molecule has 1 heterocycles. The fourth-order valence-electron chi connectivity index (χ4n) is 3.32. The maximum absolute atomic E-state index is 11.2. The van der Waals surface area contributed by atoms with Gasteiger partial charge in [0.15, 0.2) is 0 Å². The molecular weight excluding hydrogens is 318 g/mol. The van der Waals surface area contributed by atoms with Gasteiger partial charge in [-0.05, 0) is 61.1 Å². The summed E-state index contributed by atoms with van der Waals surface area (Å²) in [4.78, 5) is 2.13. The van der Waals surface area contributed by atoms with E-state index in [1.165, 1.54) is 6.42 Å². The van der Waals surface area contributed by atoms with Gasteiger partial charge in [-0.2, -0.15) is 5.10 Å². The van der Waals surface area contributed by atoms with E-state index in [4.69, 9.17) is 0 Å². The zero-order valence-corrected chi connectivity index (χ0v) is 14.6. The van der Waals surface area contributed by atoms with E-state index in [9.17, 15) is 5.11 Å². The second kappa shape index (κ2) is 5.78. The largest absolute Gasteiger partial charge is 0.384 e. The Kier molecular flexibility index (Phi) is 4.62. The van der Waals surface area contributed by atoms with Gasteiger partial charge in [-0.3, -0.25) is 4.68 Å². The summed E-state index contributed by atoms with van der Waals surface area (Å²) in [6.07, 6.45) is 5.67. The highest BCUT2D eigenvalue weighted by Gasteiger charge is 2.42. The normalized spacial score (nSPS) is 26.1. The molecule has 0 radical (unpaired) electrons. The van der Waals surface area contributed by atoms with E-state index in [0.717, 1.165) is 42.5 Å². The predicted octanol–water partition coefficient (Wildman–Crippen LogP) is 3.00. The maximum atomic E-state index is 11.2. The molecule has 0 spiro atoms. The molecule has 114 valence electrons. The Bertz CT molecular complexity index is 470. The van der Waals surface area contributed by atoms with Crippen LogP contribution < -0.4 is 0 Å². The van der Waals surface area contributed by atoms with E-state index in [1.54, 1.807) is 0 Å². The quantitative estimate of drug-likeness (QED) is 0.913. The fraction of sp³-hybridized carbons (Fsp3) is 0.800. The molecule has 5 heteroatoms. The van der Waals surface area contributed by atoms with Gasteiger partial charge in [-0.25, -0.2) is 0 Å². The molecule has 0 amide bonds. The van der Waals surface area contributed by atoms with Crippen LogP contribution in [0.4, 0.5) is 0 Å². The van der Waals surface area contributed by atoms with Crippen molar-refractivity contribution in [1.29, 1.82) is 0 Å². The minimum Gasteiger partial charge on any atom is -0.384 e. The Morgan fingerprint density at radius 1 is 1.40 bits per heavy atom. The molecule has 0 bridgehead atoms. The van der Waals surface area contributed by atoms with Crippen LogP contribution in [-0.4, -0.2) is 40.4 Å². The topological polar surface area (TPSA) is 41.3 Å². The van der Waals surface area contributed by atoms with Crippen molar-refractivity contribution >= 4 is 15.9 Å². The molecule has 1 fully saturated rings. The van der Waals surface area contributed by atoms with E-state index in [1.807, 2.05) is 10.9 Å². The first-order valence-electron chi connectivity index (χ1n) is 7.32. The second-order valence-corrected chi connectivity index (χ2v) is 7.95. The Morgan fingerprint density at radius 2 is 2.10 bits per heavy atom. The van der Waals surface area contributed by atoms with E-state index >= 15 is 0 Å². The van der Waals surface area contributed by atoms with Crippen molar-refractivity contribution < 1.29 is 5.11 Å². The van der Waals surface area contributed by atoms with Gasteiger partial charge in [-0.1, -0.05) is 13.8 Å². The van der Waals surface area contributed by atoms with E-state index in [0.29, 0.717) is 0 Å². The lowest BCUT2D eigenvalue weighted by molar-refractivity contribution is -0.0512. The van der Waals surface area contributed by atoms with E-state index in [2.05, 4.69) is 53.9 Å². The lowest BCUT2D eigenvalue weighted by Gasteiger charge is -2.42. The Morgan fingerprint density at radius 3 is 2.70 bits per heavy atom. The molecule has 1 unspecified atom stereocenters. The van der Waals surface area contributed by atoms with Gasteiger partial charge < -0.3 is 10.0 Å². The molecule has 1 aliphatic rings. The first kappa shape index (κ1) is 16.0. The first-order chi connectivity index (χ1) is 9.23. The summed E-state index contributed by atoms with van der Waals surface area (Å²) in [6, 6.07) is 0. The number of likely N-dealkylation sites (N-methyl/N-ethyl adjacent to an activating group) is 1. The van der Waals surface area contributed by atoms with Gasteiger partial charge in [-0.15, -0.1) is 0 Å². The molecule has 0 aliphatic heterocycles. The number of nitrogens with zero attached hydrogens (tertiary/aromatic N) is 3. The smallest absolute Gasteiger partial charge is 0.108 e. The van der Waals surface area contributed by atoms with Crippen LogP contribution in [0, 0.1) is 5.41 Å². The van der Waals surface area contributed by atoms with Gasteiger partial charge in [0, 0.05) is 6.54 Å². The van der Waals surface area contributed by atoms with Crippen LogP contribution in [0.1, 0.15) is 45.2 Å². The average Bonchev–Trinajstić information content (AvgIpc) is 2.66. The molecule has 2 rings (SSSR count). The predicted molar refractivity (Wildman–Crippen MR) is 84.6 cm³/mol. The highest BCUT2D eigenvalue weighted by atomic mass is 79.9. The lowest BCUT2D eigenvalue weighted by atomic mass is 9.68. The van der Waals surface area contributed by atoms with Crippen LogP contribution in [0.15, 0.2) is 10.7 Å². The van der Waals surface area contributed by atoms with Crippen molar-refractivity contribution in [2.24, 2.45) is 5.41 Å². The third-order valence-corrected chi connectivity index (χ3v) is 4.79. The number of aliphatic hydroxyl groups is 1. The summed E-state index contributed by atoms with van der Waals surface area (Å²) >= 11 is 3.58. The molecule has 1 aliphatic carbocycles. The van der Waals surface area contributed by atoms with Crippen LogP contribution in [-0.2, 0) is 12.1 Å². The van der Waals surface area contributed by atoms with Crippen molar-refractivity contribution in [1.82, 2.24) is 14.7 Å². The summed E-state index contributed by atoms with van der Waals surface area (Å²) < 4.78 is 2.89. The Balaban J connectivity index is 2.28. The first-order valence-corrected chi connectivity index (χ1v) is 8.12. The minimum atomic E-state index is -0.761. The average molecular weight is 344 g/mol. The van der Waals surface area contributed by atoms with E-state index < -0.39 is 5.60 Å². The summed E-state index contributed by atoms with van der Waals surface area (Å²) in [5.41, 5.74) is 0.374. The monoisotopic (exact) mass is 343 g/mol. The number of hydrogen-bond donors (Lipinski definition) is 1. The number of hydrogen-bond acceptors (Lipinski definition) is 3. The SMILES string of the molecule is CN(C)CCn1ncc(Br)c1C1(O)CCCC(C)(C)C1. The van der Waals surface area contributed by atoms with Gasteiger partial charge in [0.25, 0.3) is 0 Å². The molecule has 4 nitrogen and oxygen atoms in total. The fourth-order valence-corrected chi connectivity index (χ4v) is 3.98. The van der Waals surface area contributed by atoms with Crippen LogP contribution in [0.25, 0.3) is 0 Å². The molecular formula is C15H26BrN3O. The molecule has 0 saturated heterocycles. The summed E-state index contributed by atoms with van der Waals surface area (Å²) in [6.45, 7) is 6.20. The molecule has 1 aromatic rings. The highest BCUT2D eigenvalue weighted by molar-refractivity contribution is 9.10. The van der Waals surface area contributed by atoms with Crippen molar-refractivity contribution in [3.8, 4) is 0 Å². The zero-order valence-electron chi connectivity index (χ0n) is 13.0. The van der Waals surface area contributed by atoms with Crippen LogP contribution in [0.5, 0.6) is 0 Å². The standard InChI is InChI=1S/C15H26BrN3O/c1-14(2)6-5-7-15(20,11-14)13-12(16)10-17-19(13)9-8-18(3)4/h10,20H,5-9,11H2,1-4H3. The van der Waals surface area contributed by atoms with Crippen LogP contribution in [0.2, 0.25) is 0 Å². The zero-order chi connectivity index (χ0) is 15.0. The Hall–Kier alpha value is -0.390. The van der Waals surface area contributed by atoms with E-state index in [-0.39, 0.29) is 5.41 Å². The summed E-state index contributed by atoms with van der Waals surface area (Å²) in [7, 11) is 4.10. The summed E-state index contributed by atoms with van der Waals surface area (Å²) in [5.74, 6) is 0. The number of rotatable bonds is 4. The van der Waals surface area contributed by atoms with Crippen molar-refractivity contribution in [3.05, 3.63) is 16.4 Å². The van der Waals surface area contributed by atoms with Crippen molar-refractivity contribution in [3.63, 3.8) is 0 Å². The third-order valence-electron chi connectivity index (χ3n) is 4.21. The number of halogens is 1. The molecule has 1 aromatic heterocycles. The van der Waals surface area contributed by atoms with Crippen LogP contribution >= 0.6 is 15.9 Å². The molecule has 1 N–H and O–H groups in total. The number of aromatic nitrogens is 2. The lowest BCUT2D eigenvalue weighted by Crippen LogP contribution is -2.39. The Labute approximate surface area is 130 Å². The minimum absolute atomic E-state index is 0.184. The van der Waals surface area contributed by atoms with Crippen molar-refractivity contribution in [2.75, 3.05) is 20.6 Å². The summed E-state index contributed by atoms with van der Waals surface area (Å²) in [5, 5.41) is 15.6. The third kappa shape index (κ3) is 3.43. The van der Waals surface area contributed by atoms with Gasteiger partial charge in [0.05, 0.1) is 22.9 Å². The van der Waals surface area contributed by atoms with Gasteiger partial charge in [0.1, 0.15) is 5.60 Å². The molecule has 1 atom stereocenters. The van der Waals surface area contributed by atoms with Gasteiger partial charge >= 0.3 is 0 Å². The highest BCUT2D eigenvalue weighted by Crippen LogP contribution is 2.47. The van der Waals surface area contributed by atoms with Gasteiger partial charge in [0.2, 0.25) is 0 Å². The molecule has 1 saturated carbocycles. The second-order valence-electron chi connectivity index (χ2n) is 7.09.